The lowest BCUT2D eigenvalue weighted by Crippen LogP contribution is -2.44. The summed E-state index contributed by atoms with van der Waals surface area (Å²) in [5.74, 6) is -1.42. The van der Waals surface area contributed by atoms with Gasteiger partial charge in [0.25, 0.3) is 0 Å². The van der Waals surface area contributed by atoms with Crippen molar-refractivity contribution in [1.29, 1.82) is 0 Å². The molecule has 0 saturated heterocycles. The van der Waals surface area contributed by atoms with Crippen LogP contribution in [0.5, 0.6) is 0 Å². The number of thiazole rings is 1. The lowest BCUT2D eigenvalue weighted by molar-refractivity contribution is -0.153. The van der Waals surface area contributed by atoms with Crippen LogP contribution in [0.1, 0.15) is 76.9 Å². The molecule has 2 N–H and O–H groups in total. The van der Waals surface area contributed by atoms with Gasteiger partial charge in [-0.3, -0.25) is 9.59 Å². The Morgan fingerprint density at radius 3 is 2.62 bits per heavy atom. The number of allylic oxidation sites excluding steroid dienone is 1. The number of ketones is 1. The number of nitrogens with zero attached hydrogens (tertiary/aromatic N) is 1. The summed E-state index contributed by atoms with van der Waals surface area (Å²) in [6, 6.07) is 0. The minimum Gasteiger partial charge on any atom is -0.457 e. The van der Waals surface area contributed by atoms with E-state index >= 15 is 0 Å². The van der Waals surface area contributed by atoms with Crippen LogP contribution in [-0.2, 0) is 14.3 Å². The van der Waals surface area contributed by atoms with E-state index in [9.17, 15) is 19.8 Å². The molecule has 32 heavy (non-hydrogen) atoms. The first-order valence-electron chi connectivity index (χ1n) is 11.4. The van der Waals surface area contributed by atoms with Crippen molar-refractivity contribution in [3.05, 3.63) is 33.8 Å². The molecule has 0 aliphatic carbocycles. The van der Waals surface area contributed by atoms with Crippen LogP contribution in [0.3, 0.4) is 0 Å². The zero-order valence-electron chi connectivity index (χ0n) is 19.8. The molecule has 0 bridgehead atoms. The Morgan fingerprint density at radius 1 is 1.25 bits per heavy atom. The Kier molecular flexibility index (Phi) is 9.80. The van der Waals surface area contributed by atoms with Crippen molar-refractivity contribution in [1.82, 2.24) is 4.98 Å². The molecular formula is C25H37NO5S. The smallest absolute Gasteiger partial charge is 0.309 e. The number of aryl methyl sites for hydroxylation is 1. The minimum absolute atomic E-state index is 0.246. The van der Waals surface area contributed by atoms with Crippen molar-refractivity contribution >= 4 is 29.2 Å². The molecule has 2 rings (SSSR count). The molecule has 1 aliphatic rings. The van der Waals surface area contributed by atoms with Gasteiger partial charge in [0.2, 0.25) is 0 Å². The number of ether oxygens (including phenoxy) is 1. The Labute approximate surface area is 195 Å². The second-order valence-corrected chi connectivity index (χ2v) is 10.4. The molecule has 1 aromatic heterocycles. The number of rotatable bonds is 2. The molecule has 0 fully saturated rings. The standard InChI is InChI=1S/C25H37NO5S/c1-16(13-19-15-32-18(3)26-19)21-12-10-8-6-7-9-11-20(27)17(2)24(30)25(4,5)22(28)14-23(29)31-21/h8,10,13,15,17,20-22,27-28H,6-7,9,11-12,14H2,1-5H3/b10-8-,16-13+/t17-,20+,21-,22-/m0/s1. The lowest BCUT2D eigenvalue weighted by atomic mass is 9.74. The van der Waals surface area contributed by atoms with Crippen LogP contribution in [0.25, 0.3) is 6.08 Å². The first-order chi connectivity index (χ1) is 15.0. The zero-order chi connectivity index (χ0) is 23.9. The van der Waals surface area contributed by atoms with Crippen molar-refractivity contribution in [2.75, 3.05) is 0 Å². The largest absolute Gasteiger partial charge is 0.457 e. The number of aromatic nitrogens is 1. The predicted molar refractivity (Wildman–Crippen MR) is 127 cm³/mol. The van der Waals surface area contributed by atoms with Crippen LogP contribution < -0.4 is 0 Å². The first-order valence-corrected chi connectivity index (χ1v) is 12.3. The van der Waals surface area contributed by atoms with Crippen LogP contribution in [0.4, 0.5) is 0 Å². The van der Waals surface area contributed by atoms with E-state index in [0.29, 0.717) is 12.8 Å². The van der Waals surface area contributed by atoms with E-state index < -0.39 is 35.6 Å². The summed E-state index contributed by atoms with van der Waals surface area (Å²) in [7, 11) is 0. The van der Waals surface area contributed by atoms with Crippen LogP contribution in [0.2, 0.25) is 0 Å². The van der Waals surface area contributed by atoms with E-state index in [1.807, 2.05) is 31.4 Å². The molecule has 0 aromatic carbocycles. The molecule has 1 aromatic rings. The Morgan fingerprint density at radius 2 is 1.97 bits per heavy atom. The van der Waals surface area contributed by atoms with Crippen molar-refractivity contribution in [2.24, 2.45) is 11.3 Å². The minimum atomic E-state index is -1.20. The van der Waals surface area contributed by atoms with Crippen molar-refractivity contribution in [3.8, 4) is 0 Å². The summed E-state index contributed by atoms with van der Waals surface area (Å²) in [4.78, 5) is 30.1. The predicted octanol–water partition coefficient (Wildman–Crippen LogP) is 4.63. The molecule has 4 atom stereocenters. The SMILES string of the molecule is C/C(=C\c1csc(C)n1)[C@@H]1C/C=C\CCCC[C@@H](O)[C@H](C)C(=O)C(C)(C)[C@@H](O)CC(=O)O1. The molecule has 0 amide bonds. The van der Waals surface area contributed by atoms with Gasteiger partial charge < -0.3 is 14.9 Å². The van der Waals surface area contributed by atoms with Crippen LogP contribution in [-0.4, -0.2) is 45.3 Å². The van der Waals surface area contributed by atoms with Gasteiger partial charge in [0.05, 0.1) is 34.7 Å². The molecule has 6 nitrogen and oxygen atoms in total. The lowest BCUT2D eigenvalue weighted by Gasteiger charge is -2.33. The fourth-order valence-electron chi connectivity index (χ4n) is 3.85. The average Bonchev–Trinajstić information content (AvgIpc) is 3.14. The summed E-state index contributed by atoms with van der Waals surface area (Å²) >= 11 is 1.56. The van der Waals surface area contributed by atoms with E-state index in [1.54, 1.807) is 32.1 Å². The molecular weight excluding hydrogens is 426 g/mol. The molecule has 2 heterocycles. The Hall–Kier alpha value is -1.83. The highest BCUT2D eigenvalue weighted by atomic mass is 32.1. The maximum absolute atomic E-state index is 13.0. The van der Waals surface area contributed by atoms with E-state index in [2.05, 4.69) is 11.1 Å². The number of carbonyl (C=O) groups is 2. The maximum atomic E-state index is 13.0. The number of cyclic esters (lactones) is 1. The number of esters is 1. The summed E-state index contributed by atoms with van der Waals surface area (Å²) in [5, 5.41) is 24.1. The number of carbonyl (C=O) groups excluding carboxylic acids is 2. The third-order valence-electron chi connectivity index (χ3n) is 6.25. The summed E-state index contributed by atoms with van der Waals surface area (Å²) in [6.07, 6.45) is 6.89. The number of hydrogen-bond acceptors (Lipinski definition) is 7. The van der Waals surface area contributed by atoms with Gasteiger partial charge in [-0.2, -0.15) is 0 Å². The van der Waals surface area contributed by atoms with Gasteiger partial charge in [-0.25, -0.2) is 4.98 Å². The van der Waals surface area contributed by atoms with Gasteiger partial charge in [0, 0.05) is 17.7 Å². The monoisotopic (exact) mass is 463 g/mol. The van der Waals surface area contributed by atoms with Gasteiger partial charge in [0.1, 0.15) is 11.9 Å². The zero-order valence-corrected chi connectivity index (χ0v) is 20.7. The third-order valence-corrected chi connectivity index (χ3v) is 7.04. The number of aliphatic hydroxyl groups is 2. The summed E-state index contributed by atoms with van der Waals surface area (Å²) in [5.41, 5.74) is 0.530. The fourth-order valence-corrected chi connectivity index (χ4v) is 4.42. The van der Waals surface area contributed by atoms with Crippen LogP contribution in [0, 0.1) is 18.3 Å². The molecule has 0 saturated carbocycles. The molecule has 0 unspecified atom stereocenters. The second kappa shape index (κ2) is 11.9. The molecule has 1 aliphatic heterocycles. The second-order valence-electron chi connectivity index (χ2n) is 9.31. The average molecular weight is 464 g/mol. The molecule has 7 heteroatoms. The number of hydrogen-bond donors (Lipinski definition) is 2. The Bertz CT molecular complexity index is 841. The van der Waals surface area contributed by atoms with Gasteiger partial charge >= 0.3 is 5.97 Å². The number of Topliss-reactive ketones (excluding diaryl/α,β-unsaturated/α-hetero) is 1. The topological polar surface area (TPSA) is 96.7 Å². The van der Waals surface area contributed by atoms with Crippen molar-refractivity contribution in [2.45, 2.75) is 91.5 Å². The molecule has 0 spiro atoms. The Balaban J connectivity index is 2.24. The number of aliphatic hydroxyl groups excluding tert-OH is 2. The van der Waals surface area contributed by atoms with Gasteiger partial charge in [0.15, 0.2) is 0 Å². The van der Waals surface area contributed by atoms with Gasteiger partial charge in [-0.05, 0) is 44.8 Å². The molecule has 0 radical (unpaired) electrons. The van der Waals surface area contributed by atoms with Crippen molar-refractivity contribution < 1.29 is 24.5 Å². The normalized spacial score (nSPS) is 30.0. The highest BCUT2D eigenvalue weighted by molar-refractivity contribution is 7.09. The quantitative estimate of drug-likeness (QED) is 0.490. The maximum Gasteiger partial charge on any atom is 0.309 e. The summed E-state index contributed by atoms with van der Waals surface area (Å²) in [6.45, 7) is 8.78. The highest BCUT2D eigenvalue weighted by Gasteiger charge is 2.41. The fraction of sp³-hybridized carbons (Fsp3) is 0.640. The first kappa shape index (κ1) is 26.4. The van der Waals surface area contributed by atoms with Gasteiger partial charge in [-0.15, -0.1) is 11.3 Å². The van der Waals surface area contributed by atoms with E-state index in [1.165, 1.54) is 0 Å². The molecule has 178 valence electrons. The van der Waals surface area contributed by atoms with E-state index in [4.69, 9.17) is 4.74 Å². The van der Waals surface area contributed by atoms with Crippen LogP contribution in [0.15, 0.2) is 23.1 Å². The van der Waals surface area contributed by atoms with E-state index in [0.717, 1.165) is 35.5 Å². The van der Waals surface area contributed by atoms with Crippen molar-refractivity contribution in [3.63, 3.8) is 0 Å². The third kappa shape index (κ3) is 7.36. The highest BCUT2D eigenvalue weighted by Crippen LogP contribution is 2.31. The summed E-state index contributed by atoms with van der Waals surface area (Å²) < 4.78 is 5.74. The van der Waals surface area contributed by atoms with Gasteiger partial charge in [-0.1, -0.05) is 39.3 Å². The van der Waals surface area contributed by atoms with E-state index in [-0.39, 0.29) is 12.2 Å². The van der Waals surface area contributed by atoms with Crippen LogP contribution >= 0.6 is 11.3 Å².